The van der Waals surface area contributed by atoms with E-state index in [1.54, 1.807) is 0 Å². The Morgan fingerprint density at radius 2 is 1.74 bits per heavy atom. The van der Waals surface area contributed by atoms with Crippen molar-refractivity contribution in [1.29, 1.82) is 0 Å². The maximum atomic E-state index is 11.9. The Morgan fingerprint density at radius 1 is 1.11 bits per heavy atom. The third-order valence-corrected chi connectivity index (χ3v) is 3.64. The first kappa shape index (κ1) is 13.9. The molecule has 0 aromatic heterocycles. The van der Waals surface area contributed by atoms with Gasteiger partial charge < -0.3 is 16.4 Å². The lowest BCUT2D eigenvalue weighted by Crippen LogP contribution is -2.37. The maximum absolute atomic E-state index is 11.9. The zero-order valence-corrected chi connectivity index (χ0v) is 11.3. The van der Waals surface area contributed by atoms with Gasteiger partial charge in [-0.1, -0.05) is 37.8 Å². The Bertz CT molecular complexity index is 394. The average Bonchev–Trinajstić information content (AvgIpc) is 2.68. The monoisotopic (exact) mass is 261 g/mol. The van der Waals surface area contributed by atoms with E-state index < -0.39 is 0 Å². The van der Waals surface area contributed by atoms with Crippen molar-refractivity contribution >= 4 is 11.7 Å². The van der Waals surface area contributed by atoms with Gasteiger partial charge in [0.25, 0.3) is 0 Å². The van der Waals surface area contributed by atoms with Crippen LogP contribution in [0.25, 0.3) is 0 Å². The summed E-state index contributed by atoms with van der Waals surface area (Å²) in [6.07, 6.45) is 7.21. The second-order valence-corrected chi connectivity index (χ2v) is 5.19. The van der Waals surface area contributed by atoms with E-state index in [0.717, 1.165) is 24.1 Å². The van der Waals surface area contributed by atoms with Gasteiger partial charge in [0.05, 0.1) is 0 Å². The van der Waals surface area contributed by atoms with Gasteiger partial charge in [0.2, 0.25) is 0 Å². The molecule has 1 fully saturated rings. The van der Waals surface area contributed by atoms with Crippen LogP contribution in [0, 0.1) is 0 Å². The molecule has 0 saturated heterocycles. The molecule has 4 heteroatoms. The van der Waals surface area contributed by atoms with E-state index in [0.29, 0.717) is 12.6 Å². The molecular formula is C15H23N3O. The van der Waals surface area contributed by atoms with Crippen LogP contribution in [0.1, 0.15) is 44.1 Å². The van der Waals surface area contributed by atoms with Crippen molar-refractivity contribution in [1.82, 2.24) is 5.32 Å². The molecule has 0 atom stereocenters. The van der Waals surface area contributed by atoms with Crippen LogP contribution in [0.15, 0.2) is 24.3 Å². The molecule has 2 amide bonds. The van der Waals surface area contributed by atoms with Gasteiger partial charge in [0.15, 0.2) is 0 Å². The molecule has 0 radical (unpaired) electrons. The molecule has 4 N–H and O–H groups in total. The van der Waals surface area contributed by atoms with E-state index in [1.165, 1.54) is 25.7 Å². The van der Waals surface area contributed by atoms with Crippen molar-refractivity contribution in [3.63, 3.8) is 0 Å². The lowest BCUT2D eigenvalue weighted by atomic mass is 10.1. The molecule has 0 unspecified atom stereocenters. The minimum absolute atomic E-state index is 0.104. The summed E-state index contributed by atoms with van der Waals surface area (Å²) in [6, 6.07) is 7.85. The van der Waals surface area contributed by atoms with Gasteiger partial charge >= 0.3 is 6.03 Å². The number of carbonyl (C=O) groups is 1. The molecule has 0 aliphatic heterocycles. The highest BCUT2D eigenvalue weighted by Gasteiger charge is 2.14. The highest BCUT2D eigenvalue weighted by molar-refractivity contribution is 5.89. The van der Waals surface area contributed by atoms with Gasteiger partial charge in [-0.25, -0.2) is 4.79 Å². The third-order valence-electron chi connectivity index (χ3n) is 3.64. The van der Waals surface area contributed by atoms with E-state index >= 15 is 0 Å². The van der Waals surface area contributed by atoms with E-state index in [-0.39, 0.29) is 6.03 Å². The standard InChI is InChI=1S/C15H23N3O/c16-11-12-7-9-14(10-8-12)18-15(19)17-13-5-3-1-2-4-6-13/h7-10,13H,1-6,11,16H2,(H2,17,18,19). The molecule has 4 nitrogen and oxygen atoms in total. The first-order valence-electron chi connectivity index (χ1n) is 7.14. The predicted molar refractivity (Wildman–Crippen MR) is 78.0 cm³/mol. The first-order chi connectivity index (χ1) is 9.28. The molecule has 2 rings (SSSR count). The predicted octanol–water partition coefficient (Wildman–Crippen LogP) is 2.99. The number of nitrogens with two attached hydrogens (primary N) is 1. The largest absolute Gasteiger partial charge is 0.335 e. The van der Waals surface area contributed by atoms with Crippen LogP contribution in [0.2, 0.25) is 0 Å². The van der Waals surface area contributed by atoms with Gasteiger partial charge in [-0.15, -0.1) is 0 Å². The fourth-order valence-electron chi connectivity index (χ4n) is 2.50. The Kier molecular flexibility index (Phi) is 5.21. The minimum Gasteiger partial charge on any atom is -0.335 e. The van der Waals surface area contributed by atoms with Crippen LogP contribution in [-0.4, -0.2) is 12.1 Å². The molecule has 19 heavy (non-hydrogen) atoms. The van der Waals surface area contributed by atoms with Crippen LogP contribution >= 0.6 is 0 Å². The van der Waals surface area contributed by atoms with Crippen LogP contribution in [0.5, 0.6) is 0 Å². The topological polar surface area (TPSA) is 67.1 Å². The Balaban J connectivity index is 1.82. The smallest absolute Gasteiger partial charge is 0.319 e. The summed E-state index contributed by atoms with van der Waals surface area (Å²) in [6.45, 7) is 0.522. The van der Waals surface area contributed by atoms with Gasteiger partial charge in [0, 0.05) is 18.3 Å². The summed E-state index contributed by atoms with van der Waals surface area (Å²) in [5.41, 5.74) is 7.41. The van der Waals surface area contributed by atoms with E-state index in [1.807, 2.05) is 24.3 Å². The highest BCUT2D eigenvalue weighted by atomic mass is 16.2. The van der Waals surface area contributed by atoms with E-state index in [4.69, 9.17) is 5.73 Å². The van der Waals surface area contributed by atoms with E-state index in [2.05, 4.69) is 10.6 Å². The molecule has 1 aromatic rings. The van der Waals surface area contributed by atoms with Gasteiger partial charge in [-0.2, -0.15) is 0 Å². The van der Waals surface area contributed by atoms with E-state index in [9.17, 15) is 4.79 Å². The number of hydrogen-bond acceptors (Lipinski definition) is 2. The average molecular weight is 261 g/mol. The van der Waals surface area contributed by atoms with Crippen molar-refractivity contribution in [2.75, 3.05) is 5.32 Å². The molecule has 1 aliphatic carbocycles. The molecule has 1 aromatic carbocycles. The second-order valence-electron chi connectivity index (χ2n) is 5.19. The van der Waals surface area contributed by atoms with Crippen LogP contribution in [0.4, 0.5) is 10.5 Å². The minimum atomic E-state index is -0.104. The Labute approximate surface area is 114 Å². The van der Waals surface area contributed by atoms with Crippen molar-refractivity contribution in [2.24, 2.45) is 5.73 Å². The molecule has 1 saturated carbocycles. The van der Waals surface area contributed by atoms with Gasteiger partial charge in [-0.05, 0) is 30.5 Å². The van der Waals surface area contributed by atoms with Crippen molar-refractivity contribution in [3.05, 3.63) is 29.8 Å². The molecule has 104 valence electrons. The summed E-state index contributed by atoms with van der Waals surface area (Å²) < 4.78 is 0. The third kappa shape index (κ3) is 4.56. The Morgan fingerprint density at radius 3 is 2.32 bits per heavy atom. The zero-order valence-electron chi connectivity index (χ0n) is 11.3. The summed E-state index contributed by atoms with van der Waals surface area (Å²) in [7, 11) is 0. The summed E-state index contributed by atoms with van der Waals surface area (Å²) in [5, 5.41) is 5.93. The first-order valence-corrected chi connectivity index (χ1v) is 7.14. The van der Waals surface area contributed by atoms with Gasteiger partial charge in [-0.3, -0.25) is 0 Å². The fourth-order valence-corrected chi connectivity index (χ4v) is 2.50. The summed E-state index contributed by atoms with van der Waals surface area (Å²) in [4.78, 5) is 11.9. The number of rotatable bonds is 3. The number of anilines is 1. The number of hydrogen-bond donors (Lipinski definition) is 3. The lowest BCUT2D eigenvalue weighted by molar-refractivity contribution is 0.247. The number of carbonyl (C=O) groups excluding carboxylic acids is 1. The number of amides is 2. The van der Waals surface area contributed by atoms with Crippen LogP contribution in [0.3, 0.4) is 0 Å². The van der Waals surface area contributed by atoms with Crippen molar-refractivity contribution in [2.45, 2.75) is 51.1 Å². The second kappa shape index (κ2) is 7.14. The fraction of sp³-hybridized carbons (Fsp3) is 0.533. The maximum Gasteiger partial charge on any atom is 0.319 e. The number of nitrogens with one attached hydrogen (secondary N) is 2. The highest BCUT2D eigenvalue weighted by Crippen LogP contribution is 2.17. The van der Waals surface area contributed by atoms with Crippen molar-refractivity contribution in [3.8, 4) is 0 Å². The lowest BCUT2D eigenvalue weighted by Gasteiger charge is -2.16. The molecule has 0 heterocycles. The number of urea groups is 1. The quantitative estimate of drug-likeness (QED) is 0.732. The number of benzene rings is 1. The molecule has 0 spiro atoms. The van der Waals surface area contributed by atoms with Crippen molar-refractivity contribution < 1.29 is 4.79 Å². The Hall–Kier alpha value is -1.55. The summed E-state index contributed by atoms with van der Waals surface area (Å²) in [5.74, 6) is 0. The van der Waals surface area contributed by atoms with Crippen LogP contribution in [-0.2, 0) is 6.54 Å². The SMILES string of the molecule is NCc1ccc(NC(=O)NC2CCCCCC2)cc1. The zero-order chi connectivity index (χ0) is 13.5. The summed E-state index contributed by atoms with van der Waals surface area (Å²) >= 11 is 0. The molecular weight excluding hydrogens is 238 g/mol. The molecule has 0 bridgehead atoms. The van der Waals surface area contributed by atoms with Crippen LogP contribution < -0.4 is 16.4 Å². The van der Waals surface area contributed by atoms with Gasteiger partial charge in [0.1, 0.15) is 0 Å². The molecule has 1 aliphatic rings. The normalized spacial score (nSPS) is 16.7.